The summed E-state index contributed by atoms with van der Waals surface area (Å²) < 4.78 is 54.8. The molecule has 14 heteroatoms. The summed E-state index contributed by atoms with van der Waals surface area (Å²) in [6, 6.07) is 5.27. The molecule has 0 radical (unpaired) electrons. The number of nitrogens with two attached hydrogens (primary N) is 2. The van der Waals surface area contributed by atoms with Crippen LogP contribution in [0.4, 0.5) is 24.5 Å². The van der Waals surface area contributed by atoms with Gasteiger partial charge in [0.1, 0.15) is 16.4 Å². The van der Waals surface area contributed by atoms with Gasteiger partial charge in [-0.1, -0.05) is 6.07 Å². The number of nitrogens with zero attached hydrogens (tertiary/aromatic N) is 2. The molecular weight excluding hydrogens is 503 g/mol. The van der Waals surface area contributed by atoms with Crippen LogP contribution in [-0.2, 0) is 15.7 Å². The first-order chi connectivity index (χ1) is 17.0. The van der Waals surface area contributed by atoms with Gasteiger partial charge in [-0.15, -0.1) is 0 Å². The number of hydrogen-bond donors (Lipinski definition) is 3. The highest BCUT2D eigenvalue weighted by Gasteiger charge is 2.39. The van der Waals surface area contributed by atoms with Crippen molar-refractivity contribution in [2.24, 2.45) is 5.73 Å². The molecule has 0 aliphatic carbocycles. The van der Waals surface area contributed by atoms with Crippen LogP contribution >= 0.6 is 11.5 Å². The number of benzene rings is 1. The first kappa shape index (κ1) is 26.7. The number of carbonyl (C=O) groups is 3. The van der Waals surface area contributed by atoms with E-state index in [1.165, 1.54) is 25.3 Å². The van der Waals surface area contributed by atoms with Crippen molar-refractivity contribution in [1.82, 2.24) is 9.69 Å². The number of carbonyl (C=O) groups excluding carboxylic acids is 3. The van der Waals surface area contributed by atoms with Crippen molar-refractivity contribution in [3.8, 4) is 0 Å². The van der Waals surface area contributed by atoms with Crippen molar-refractivity contribution >= 4 is 40.6 Å². The lowest BCUT2D eigenvalue weighted by molar-refractivity contribution is -0.137. The monoisotopic (exact) mass is 525 g/mol. The number of alkyl halides is 3. The standard InChI is InChI=1S/C22H22F3N5O5S/c1-11-6-7-14(35-11)17(20(32)28-8-9-34-2)30(13-5-3-4-12(10-13)22(23,24)25)21(33)18-15(26)16(19(27)31)29-36-18/h3-7,10,17H,8-9,26H2,1-2H3,(H2,27,31)(H,28,32)/t17-/m0/s1. The Labute approximate surface area is 207 Å². The summed E-state index contributed by atoms with van der Waals surface area (Å²) in [5.41, 5.74) is 9.10. The largest absolute Gasteiger partial charge is 0.464 e. The second kappa shape index (κ2) is 10.8. The normalized spacial score (nSPS) is 12.2. The van der Waals surface area contributed by atoms with E-state index >= 15 is 0 Å². The molecule has 2 heterocycles. The van der Waals surface area contributed by atoms with Gasteiger partial charge in [0.15, 0.2) is 11.7 Å². The highest BCUT2D eigenvalue weighted by Crippen LogP contribution is 2.37. The molecule has 3 aromatic rings. The zero-order chi connectivity index (χ0) is 26.6. The molecule has 3 rings (SSSR count). The third-order valence-electron chi connectivity index (χ3n) is 4.97. The Morgan fingerprint density at radius 2 is 1.97 bits per heavy atom. The number of halogens is 3. The number of methoxy groups -OCH3 is 1. The second-order valence-corrected chi connectivity index (χ2v) is 8.27. The molecule has 36 heavy (non-hydrogen) atoms. The zero-order valence-electron chi connectivity index (χ0n) is 19.1. The molecule has 10 nitrogen and oxygen atoms in total. The summed E-state index contributed by atoms with van der Waals surface area (Å²) in [7, 11) is 1.42. The number of aromatic nitrogens is 1. The van der Waals surface area contributed by atoms with E-state index in [0.29, 0.717) is 17.3 Å². The molecule has 0 bridgehead atoms. The number of nitrogen functional groups attached to an aromatic ring is 1. The minimum Gasteiger partial charge on any atom is -0.464 e. The summed E-state index contributed by atoms with van der Waals surface area (Å²) in [5, 5.41) is 2.57. The van der Waals surface area contributed by atoms with Crippen molar-refractivity contribution in [3.63, 3.8) is 0 Å². The van der Waals surface area contributed by atoms with Gasteiger partial charge in [-0.05, 0) is 48.8 Å². The van der Waals surface area contributed by atoms with E-state index in [0.717, 1.165) is 23.1 Å². The van der Waals surface area contributed by atoms with E-state index in [1.54, 1.807) is 6.92 Å². The maximum atomic E-state index is 13.8. The van der Waals surface area contributed by atoms with Crippen molar-refractivity contribution in [3.05, 3.63) is 64.1 Å². The van der Waals surface area contributed by atoms with Gasteiger partial charge >= 0.3 is 6.18 Å². The number of aryl methyl sites for hydroxylation is 1. The van der Waals surface area contributed by atoms with Crippen LogP contribution in [0.3, 0.4) is 0 Å². The summed E-state index contributed by atoms with van der Waals surface area (Å²) in [5.74, 6) is -2.37. The zero-order valence-corrected chi connectivity index (χ0v) is 19.9. The van der Waals surface area contributed by atoms with E-state index in [9.17, 15) is 27.6 Å². The van der Waals surface area contributed by atoms with Crippen LogP contribution in [0, 0.1) is 6.92 Å². The quantitative estimate of drug-likeness (QED) is 0.363. The minimum atomic E-state index is -4.73. The molecule has 1 aromatic carbocycles. The van der Waals surface area contributed by atoms with Gasteiger partial charge in [0.25, 0.3) is 17.7 Å². The van der Waals surface area contributed by atoms with E-state index in [-0.39, 0.29) is 40.9 Å². The maximum Gasteiger partial charge on any atom is 0.416 e. The van der Waals surface area contributed by atoms with Gasteiger partial charge in [0, 0.05) is 19.3 Å². The lowest BCUT2D eigenvalue weighted by Gasteiger charge is -2.30. The molecule has 5 N–H and O–H groups in total. The number of furan rings is 1. The molecule has 0 fully saturated rings. The van der Waals surface area contributed by atoms with Crippen LogP contribution < -0.4 is 21.7 Å². The van der Waals surface area contributed by atoms with E-state index in [1.807, 2.05) is 0 Å². The maximum absolute atomic E-state index is 13.8. The molecule has 3 amide bonds. The highest BCUT2D eigenvalue weighted by molar-refractivity contribution is 7.09. The predicted molar refractivity (Wildman–Crippen MR) is 124 cm³/mol. The molecule has 0 aliphatic heterocycles. The first-order valence-corrected chi connectivity index (χ1v) is 11.1. The smallest absolute Gasteiger partial charge is 0.416 e. The number of anilines is 2. The molecule has 1 atom stereocenters. The van der Waals surface area contributed by atoms with Crippen LogP contribution in [-0.4, -0.2) is 42.4 Å². The lowest BCUT2D eigenvalue weighted by Crippen LogP contribution is -2.44. The number of rotatable bonds is 9. The van der Waals surface area contributed by atoms with Crippen LogP contribution in [0.1, 0.15) is 43.3 Å². The minimum absolute atomic E-state index is 0.0219. The van der Waals surface area contributed by atoms with Crippen molar-refractivity contribution in [2.75, 3.05) is 30.9 Å². The Morgan fingerprint density at radius 3 is 2.53 bits per heavy atom. The fourth-order valence-electron chi connectivity index (χ4n) is 3.30. The van der Waals surface area contributed by atoms with Gasteiger partial charge in [0.05, 0.1) is 17.9 Å². The SMILES string of the molecule is COCCNC(=O)[C@H](c1ccc(C)o1)N(C(=O)c1snc(C(N)=O)c1N)c1cccc(C(F)(F)F)c1. The first-order valence-electron chi connectivity index (χ1n) is 10.3. The average molecular weight is 526 g/mol. The second-order valence-electron chi connectivity index (χ2n) is 7.50. The predicted octanol–water partition coefficient (Wildman–Crippen LogP) is 2.90. The van der Waals surface area contributed by atoms with Crippen LogP contribution in [0.15, 0.2) is 40.8 Å². The summed E-state index contributed by atoms with van der Waals surface area (Å²) in [6.45, 7) is 1.78. The molecule has 0 aliphatic rings. The van der Waals surface area contributed by atoms with Crippen LogP contribution in [0.25, 0.3) is 0 Å². The molecule has 192 valence electrons. The van der Waals surface area contributed by atoms with E-state index in [4.69, 9.17) is 20.6 Å². The lowest BCUT2D eigenvalue weighted by atomic mass is 10.1. The number of primary amides is 1. The number of amides is 3. The molecule has 0 saturated heterocycles. The topological polar surface area (TPSA) is 154 Å². The van der Waals surface area contributed by atoms with E-state index in [2.05, 4.69) is 9.69 Å². The molecule has 0 saturated carbocycles. The third kappa shape index (κ3) is 5.66. The van der Waals surface area contributed by atoms with E-state index < -0.39 is 35.5 Å². The van der Waals surface area contributed by atoms with Gasteiger partial charge in [-0.3, -0.25) is 19.3 Å². The van der Waals surface area contributed by atoms with Gasteiger partial charge in [0.2, 0.25) is 0 Å². The van der Waals surface area contributed by atoms with Gasteiger partial charge < -0.3 is 25.9 Å². The Morgan fingerprint density at radius 1 is 1.25 bits per heavy atom. The highest BCUT2D eigenvalue weighted by atomic mass is 32.1. The van der Waals surface area contributed by atoms with Crippen LogP contribution in [0.5, 0.6) is 0 Å². The molecule has 2 aromatic heterocycles. The Balaban J connectivity index is 2.21. The van der Waals surface area contributed by atoms with Gasteiger partial charge in [-0.2, -0.15) is 17.5 Å². The average Bonchev–Trinajstić information content (AvgIpc) is 3.41. The Kier molecular flexibility index (Phi) is 8.00. The third-order valence-corrected chi connectivity index (χ3v) is 5.82. The molecular formula is C22H22F3N5O5S. The molecule has 0 spiro atoms. The summed E-state index contributed by atoms with van der Waals surface area (Å²) >= 11 is 0.525. The fourth-order valence-corrected chi connectivity index (χ4v) is 4.04. The number of hydrogen-bond acceptors (Lipinski definition) is 8. The van der Waals surface area contributed by atoms with Crippen molar-refractivity contribution < 1.29 is 36.7 Å². The summed E-state index contributed by atoms with van der Waals surface area (Å²) in [4.78, 5) is 39.2. The molecule has 0 unspecified atom stereocenters. The Bertz CT molecular complexity index is 1270. The summed E-state index contributed by atoms with van der Waals surface area (Å²) in [6.07, 6.45) is -4.73. The van der Waals surface area contributed by atoms with Crippen molar-refractivity contribution in [1.29, 1.82) is 0 Å². The fraction of sp³-hybridized carbons (Fsp3) is 0.273. The number of nitrogens with one attached hydrogen (secondary N) is 1. The Hall–Kier alpha value is -3.91. The van der Waals surface area contributed by atoms with Gasteiger partial charge in [-0.25, -0.2) is 0 Å². The van der Waals surface area contributed by atoms with Crippen molar-refractivity contribution in [2.45, 2.75) is 19.1 Å². The van der Waals surface area contributed by atoms with Crippen LogP contribution in [0.2, 0.25) is 0 Å². The number of ether oxygens (including phenoxy) is 1.